The van der Waals surface area contributed by atoms with E-state index in [1.54, 1.807) is 12.1 Å². The van der Waals surface area contributed by atoms with Crippen molar-refractivity contribution >= 4 is 5.69 Å². The van der Waals surface area contributed by atoms with Crippen LogP contribution in [0, 0.1) is 5.82 Å². The van der Waals surface area contributed by atoms with E-state index in [-0.39, 0.29) is 12.4 Å². The maximum absolute atomic E-state index is 12.9. The highest BCUT2D eigenvalue weighted by Crippen LogP contribution is 2.15. The fourth-order valence-electron chi connectivity index (χ4n) is 0.872. The van der Waals surface area contributed by atoms with Gasteiger partial charge in [0.2, 0.25) is 0 Å². The van der Waals surface area contributed by atoms with Gasteiger partial charge in [0.15, 0.2) is 0 Å². The SMILES string of the molecule is COCc1c(N)cccc1F. The molecule has 0 aliphatic rings. The summed E-state index contributed by atoms with van der Waals surface area (Å²) in [4.78, 5) is 0. The molecule has 0 saturated carbocycles. The summed E-state index contributed by atoms with van der Waals surface area (Å²) in [6, 6.07) is 4.59. The van der Waals surface area contributed by atoms with Crippen molar-refractivity contribution in [3.63, 3.8) is 0 Å². The Morgan fingerprint density at radius 3 is 2.82 bits per heavy atom. The Morgan fingerprint density at radius 2 is 2.27 bits per heavy atom. The molecular formula is C8H10FNO. The first kappa shape index (κ1) is 8.01. The first-order valence-electron chi connectivity index (χ1n) is 3.27. The predicted octanol–water partition coefficient (Wildman–Crippen LogP) is 1.55. The van der Waals surface area contributed by atoms with E-state index < -0.39 is 0 Å². The quantitative estimate of drug-likeness (QED) is 0.658. The molecule has 0 aromatic heterocycles. The maximum atomic E-state index is 12.9. The van der Waals surface area contributed by atoms with E-state index in [1.807, 2.05) is 0 Å². The number of hydrogen-bond donors (Lipinski definition) is 1. The molecule has 0 radical (unpaired) electrons. The molecule has 0 heterocycles. The zero-order chi connectivity index (χ0) is 8.27. The van der Waals surface area contributed by atoms with Crippen LogP contribution in [0.2, 0.25) is 0 Å². The maximum Gasteiger partial charge on any atom is 0.130 e. The van der Waals surface area contributed by atoms with Crippen LogP contribution >= 0.6 is 0 Å². The van der Waals surface area contributed by atoms with E-state index in [9.17, 15) is 4.39 Å². The molecule has 2 nitrogen and oxygen atoms in total. The van der Waals surface area contributed by atoms with E-state index in [4.69, 9.17) is 10.5 Å². The predicted molar refractivity (Wildman–Crippen MR) is 41.5 cm³/mol. The number of nitrogens with two attached hydrogens (primary N) is 1. The van der Waals surface area contributed by atoms with Crippen molar-refractivity contribution in [2.24, 2.45) is 0 Å². The van der Waals surface area contributed by atoms with Gasteiger partial charge in [-0.1, -0.05) is 6.07 Å². The van der Waals surface area contributed by atoms with Gasteiger partial charge in [0, 0.05) is 18.4 Å². The average Bonchev–Trinajstić information content (AvgIpc) is 1.97. The number of methoxy groups -OCH3 is 1. The zero-order valence-electron chi connectivity index (χ0n) is 6.30. The van der Waals surface area contributed by atoms with Crippen molar-refractivity contribution in [1.82, 2.24) is 0 Å². The summed E-state index contributed by atoms with van der Waals surface area (Å²) in [5.41, 5.74) is 6.35. The highest BCUT2D eigenvalue weighted by atomic mass is 19.1. The van der Waals surface area contributed by atoms with Gasteiger partial charge in [0.25, 0.3) is 0 Å². The zero-order valence-corrected chi connectivity index (χ0v) is 6.30. The van der Waals surface area contributed by atoms with Crippen molar-refractivity contribution in [3.8, 4) is 0 Å². The molecule has 0 fully saturated rings. The molecule has 0 aliphatic carbocycles. The monoisotopic (exact) mass is 155 g/mol. The second kappa shape index (κ2) is 3.34. The van der Waals surface area contributed by atoms with E-state index in [1.165, 1.54) is 13.2 Å². The molecule has 0 saturated heterocycles. The number of rotatable bonds is 2. The normalized spacial score (nSPS) is 10.0. The minimum atomic E-state index is -0.313. The fraction of sp³-hybridized carbons (Fsp3) is 0.250. The summed E-state index contributed by atoms with van der Waals surface area (Å²) in [6.07, 6.45) is 0. The first-order chi connectivity index (χ1) is 5.25. The molecule has 0 unspecified atom stereocenters. The van der Waals surface area contributed by atoms with Crippen molar-refractivity contribution in [2.45, 2.75) is 6.61 Å². The third kappa shape index (κ3) is 1.68. The van der Waals surface area contributed by atoms with Gasteiger partial charge in [-0.25, -0.2) is 4.39 Å². The van der Waals surface area contributed by atoms with Crippen molar-refractivity contribution in [1.29, 1.82) is 0 Å². The summed E-state index contributed by atoms with van der Waals surface area (Å²) >= 11 is 0. The number of ether oxygens (including phenoxy) is 1. The lowest BCUT2D eigenvalue weighted by Crippen LogP contribution is -1.98. The number of hydrogen-bond acceptors (Lipinski definition) is 2. The third-order valence-corrected chi connectivity index (χ3v) is 1.44. The standard InChI is InChI=1S/C8H10FNO/c1-11-5-6-7(9)3-2-4-8(6)10/h2-4H,5,10H2,1H3. The summed E-state index contributed by atoms with van der Waals surface area (Å²) in [7, 11) is 1.51. The Labute approximate surface area is 64.8 Å². The summed E-state index contributed by atoms with van der Waals surface area (Å²) in [5, 5.41) is 0. The molecule has 0 aliphatic heterocycles. The van der Waals surface area contributed by atoms with Gasteiger partial charge < -0.3 is 10.5 Å². The Hall–Kier alpha value is -1.09. The number of anilines is 1. The molecule has 0 bridgehead atoms. The van der Waals surface area contributed by atoms with Gasteiger partial charge in [-0.15, -0.1) is 0 Å². The van der Waals surface area contributed by atoms with Crippen LogP contribution in [-0.4, -0.2) is 7.11 Å². The molecular weight excluding hydrogens is 145 g/mol. The van der Waals surface area contributed by atoms with Crippen LogP contribution < -0.4 is 5.73 Å². The van der Waals surface area contributed by atoms with Gasteiger partial charge in [-0.2, -0.15) is 0 Å². The van der Waals surface area contributed by atoms with E-state index in [2.05, 4.69) is 0 Å². The van der Waals surface area contributed by atoms with Crippen LogP contribution in [0.4, 0.5) is 10.1 Å². The molecule has 0 spiro atoms. The van der Waals surface area contributed by atoms with Gasteiger partial charge in [0.1, 0.15) is 5.82 Å². The molecule has 1 aromatic carbocycles. The summed E-state index contributed by atoms with van der Waals surface area (Å²) in [5.74, 6) is -0.313. The van der Waals surface area contributed by atoms with E-state index in [0.29, 0.717) is 11.3 Å². The van der Waals surface area contributed by atoms with E-state index in [0.717, 1.165) is 0 Å². The van der Waals surface area contributed by atoms with E-state index >= 15 is 0 Å². The molecule has 0 amide bonds. The molecule has 11 heavy (non-hydrogen) atoms. The Balaban J connectivity index is 3.00. The fourth-order valence-corrected chi connectivity index (χ4v) is 0.872. The molecule has 0 atom stereocenters. The molecule has 1 aromatic rings. The van der Waals surface area contributed by atoms with Crippen LogP contribution in [0.15, 0.2) is 18.2 Å². The lowest BCUT2D eigenvalue weighted by Gasteiger charge is -2.04. The highest BCUT2D eigenvalue weighted by Gasteiger charge is 2.03. The molecule has 3 heteroatoms. The van der Waals surface area contributed by atoms with Crippen molar-refractivity contribution < 1.29 is 9.13 Å². The number of nitrogen functional groups attached to an aromatic ring is 1. The van der Waals surface area contributed by atoms with Gasteiger partial charge >= 0.3 is 0 Å². The molecule has 1 rings (SSSR count). The first-order valence-corrected chi connectivity index (χ1v) is 3.27. The van der Waals surface area contributed by atoms with Crippen LogP contribution in [-0.2, 0) is 11.3 Å². The van der Waals surface area contributed by atoms with Crippen LogP contribution in [0.1, 0.15) is 5.56 Å². The van der Waals surface area contributed by atoms with Gasteiger partial charge in [0.05, 0.1) is 6.61 Å². The summed E-state index contributed by atoms with van der Waals surface area (Å²) < 4.78 is 17.6. The molecule has 2 N–H and O–H groups in total. The highest BCUT2D eigenvalue weighted by molar-refractivity contribution is 5.46. The lowest BCUT2D eigenvalue weighted by atomic mass is 10.2. The topological polar surface area (TPSA) is 35.2 Å². The van der Waals surface area contributed by atoms with Crippen LogP contribution in [0.5, 0.6) is 0 Å². The van der Waals surface area contributed by atoms with Crippen LogP contribution in [0.25, 0.3) is 0 Å². The minimum absolute atomic E-state index is 0.221. The van der Waals surface area contributed by atoms with Gasteiger partial charge in [-0.3, -0.25) is 0 Å². The smallest absolute Gasteiger partial charge is 0.130 e. The average molecular weight is 155 g/mol. The largest absolute Gasteiger partial charge is 0.398 e. The minimum Gasteiger partial charge on any atom is -0.398 e. The third-order valence-electron chi connectivity index (χ3n) is 1.44. The second-order valence-electron chi connectivity index (χ2n) is 2.24. The lowest BCUT2D eigenvalue weighted by molar-refractivity contribution is 0.182. The van der Waals surface area contributed by atoms with Crippen molar-refractivity contribution in [2.75, 3.05) is 12.8 Å². The second-order valence-corrected chi connectivity index (χ2v) is 2.24. The Morgan fingerprint density at radius 1 is 1.55 bits per heavy atom. The number of benzene rings is 1. The Bertz CT molecular complexity index is 230. The number of halogens is 1. The van der Waals surface area contributed by atoms with Crippen LogP contribution in [0.3, 0.4) is 0 Å². The Kier molecular flexibility index (Phi) is 2.44. The summed E-state index contributed by atoms with van der Waals surface area (Å²) in [6.45, 7) is 0.221. The molecule has 60 valence electrons. The van der Waals surface area contributed by atoms with Crippen molar-refractivity contribution in [3.05, 3.63) is 29.6 Å². The van der Waals surface area contributed by atoms with Gasteiger partial charge in [-0.05, 0) is 12.1 Å².